The quantitative estimate of drug-likeness (QED) is 0.700. The largest absolute Gasteiger partial charge is 0.493 e. The van der Waals surface area contributed by atoms with E-state index in [0.29, 0.717) is 17.7 Å². The van der Waals surface area contributed by atoms with E-state index in [9.17, 15) is 13.6 Å². The number of urea groups is 1. The maximum Gasteiger partial charge on any atom is 0.387 e. The molecule has 0 spiro atoms. The normalized spacial score (nSPS) is 18.6. The predicted molar refractivity (Wildman–Crippen MR) is 131 cm³/mol. The van der Waals surface area contributed by atoms with E-state index in [1.807, 2.05) is 31.2 Å². The molecule has 2 aliphatic rings. The van der Waals surface area contributed by atoms with Gasteiger partial charge < -0.3 is 24.6 Å². The molecule has 0 aliphatic carbocycles. The third-order valence-corrected chi connectivity index (χ3v) is 6.43. The Hall–Kier alpha value is -3.40. The lowest BCUT2D eigenvalue weighted by Gasteiger charge is -2.34. The minimum atomic E-state index is -2.98. The molecule has 2 amide bonds. The number of fused-ring (bicyclic) bond motifs is 1. The summed E-state index contributed by atoms with van der Waals surface area (Å²) in [6, 6.07) is 10.6. The van der Waals surface area contributed by atoms with E-state index in [0.717, 1.165) is 43.0 Å². The summed E-state index contributed by atoms with van der Waals surface area (Å²) in [5.41, 5.74) is 3.92. The summed E-state index contributed by atoms with van der Waals surface area (Å²) in [6.45, 7) is 2.78. The highest BCUT2D eigenvalue weighted by molar-refractivity contribution is 6.14. The molecule has 0 saturated carbocycles. The van der Waals surface area contributed by atoms with Crippen LogP contribution in [-0.2, 0) is 6.42 Å². The highest BCUT2D eigenvalue weighted by Gasteiger charge is 2.29. The van der Waals surface area contributed by atoms with Gasteiger partial charge in [0.25, 0.3) is 0 Å². The molecule has 1 N–H and O–H groups in total. The first-order valence-electron chi connectivity index (χ1n) is 11.6. The first kappa shape index (κ1) is 24.7. The molecule has 1 atom stereocenters. The number of nitrogens with zero attached hydrogens (tertiary/aromatic N) is 4. The number of anilines is 1. The summed E-state index contributed by atoms with van der Waals surface area (Å²) >= 11 is 0. The molecular formula is C25H31F2N5O3. The van der Waals surface area contributed by atoms with Gasteiger partial charge in [-0.05, 0) is 50.2 Å². The minimum absolute atomic E-state index is 0.0494. The zero-order chi connectivity index (χ0) is 25.1. The van der Waals surface area contributed by atoms with Crippen molar-refractivity contribution in [2.24, 2.45) is 5.10 Å². The van der Waals surface area contributed by atoms with Crippen LogP contribution in [0.5, 0.6) is 11.5 Å². The summed E-state index contributed by atoms with van der Waals surface area (Å²) in [5.74, 6) is 0.124. The number of rotatable bonds is 5. The number of halogens is 2. The minimum Gasteiger partial charge on any atom is -0.493 e. The number of ether oxygens (including phenoxy) is 2. The van der Waals surface area contributed by atoms with Crippen molar-refractivity contribution in [1.82, 2.24) is 15.2 Å². The molecule has 2 heterocycles. The van der Waals surface area contributed by atoms with Gasteiger partial charge in [0, 0.05) is 50.0 Å². The number of hydrazone groups is 1. The Balaban J connectivity index is 1.77. The topological polar surface area (TPSA) is 69.6 Å². The van der Waals surface area contributed by atoms with Crippen molar-refractivity contribution in [1.29, 1.82) is 0 Å². The van der Waals surface area contributed by atoms with Gasteiger partial charge in [0.1, 0.15) is 0 Å². The van der Waals surface area contributed by atoms with E-state index in [4.69, 9.17) is 14.6 Å². The highest BCUT2D eigenvalue weighted by Crippen LogP contribution is 2.36. The lowest BCUT2D eigenvalue weighted by Crippen LogP contribution is -2.44. The van der Waals surface area contributed by atoms with Crippen molar-refractivity contribution < 1.29 is 23.0 Å². The van der Waals surface area contributed by atoms with Crippen molar-refractivity contribution in [3.8, 4) is 11.5 Å². The van der Waals surface area contributed by atoms with Crippen LogP contribution in [0.1, 0.15) is 23.6 Å². The molecule has 2 aromatic rings. The van der Waals surface area contributed by atoms with Crippen LogP contribution < -0.4 is 19.7 Å². The molecule has 0 bridgehead atoms. The van der Waals surface area contributed by atoms with Crippen molar-refractivity contribution in [3.63, 3.8) is 0 Å². The van der Waals surface area contributed by atoms with Crippen LogP contribution in [0.15, 0.2) is 41.5 Å². The average Bonchev–Trinajstić information content (AvgIpc) is 2.99. The first-order chi connectivity index (χ1) is 16.8. The molecule has 4 rings (SSSR count). The van der Waals surface area contributed by atoms with E-state index in [-0.39, 0.29) is 23.6 Å². The zero-order valence-corrected chi connectivity index (χ0v) is 20.4. The number of methoxy groups -OCH3 is 1. The fourth-order valence-electron chi connectivity index (χ4n) is 4.47. The fourth-order valence-corrected chi connectivity index (χ4v) is 4.47. The van der Waals surface area contributed by atoms with Gasteiger partial charge in [0.2, 0.25) is 0 Å². The highest BCUT2D eigenvalue weighted by atomic mass is 19.3. The third-order valence-electron chi connectivity index (χ3n) is 6.43. The van der Waals surface area contributed by atoms with E-state index in [1.54, 1.807) is 19.2 Å². The Morgan fingerprint density at radius 1 is 1.11 bits per heavy atom. The number of carbonyl (C=O) groups excluding carboxylic acids is 1. The zero-order valence-electron chi connectivity index (χ0n) is 20.4. The molecule has 188 valence electrons. The Labute approximate surface area is 204 Å². The van der Waals surface area contributed by atoms with Gasteiger partial charge in [-0.25, -0.2) is 9.80 Å². The monoisotopic (exact) mass is 487 g/mol. The maximum absolute atomic E-state index is 13.0. The fraction of sp³-hybridized carbons (Fsp3) is 0.440. The summed E-state index contributed by atoms with van der Waals surface area (Å²) in [5, 5.41) is 8.75. The molecule has 0 aromatic heterocycles. The van der Waals surface area contributed by atoms with Crippen LogP contribution in [0.3, 0.4) is 0 Å². The van der Waals surface area contributed by atoms with Crippen LogP contribution >= 0.6 is 0 Å². The molecule has 2 aliphatic heterocycles. The second kappa shape index (κ2) is 10.5. The smallest absolute Gasteiger partial charge is 0.387 e. The van der Waals surface area contributed by atoms with Gasteiger partial charge in [-0.3, -0.25) is 0 Å². The standard InChI is InChI=1S/C25H31F2N5O3/c1-16-13-18-14-22(35-24(26)27)21(34-4)15-20(18)23(29-32(16)25(33)28-2)17-5-7-19(8-6-17)31-11-9-30(3)10-12-31/h5-8,14-16,24H,9-13H2,1-4H3,(H,28,33). The van der Waals surface area contributed by atoms with Gasteiger partial charge in [0.05, 0.1) is 18.9 Å². The molecule has 2 aromatic carbocycles. The third kappa shape index (κ3) is 5.32. The number of piperazine rings is 1. The van der Waals surface area contributed by atoms with Crippen LogP contribution in [-0.4, -0.2) is 81.7 Å². The Morgan fingerprint density at radius 2 is 1.80 bits per heavy atom. The second-order valence-corrected chi connectivity index (χ2v) is 8.78. The number of hydrogen-bond acceptors (Lipinski definition) is 6. The van der Waals surface area contributed by atoms with E-state index in [1.165, 1.54) is 12.1 Å². The maximum atomic E-state index is 13.0. The van der Waals surface area contributed by atoms with Crippen LogP contribution in [0.4, 0.5) is 19.3 Å². The van der Waals surface area contributed by atoms with Crippen LogP contribution in [0.2, 0.25) is 0 Å². The molecule has 1 saturated heterocycles. The molecule has 10 heteroatoms. The van der Waals surface area contributed by atoms with Gasteiger partial charge >= 0.3 is 12.6 Å². The molecule has 1 fully saturated rings. The van der Waals surface area contributed by atoms with Crippen molar-refractivity contribution in [3.05, 3.63) is 53.1 Å². The number of likely N-dealkylation sites (N-methyl/N-ethyl adjacent to an activating group) is 1. The van der Waals surface area contributed by atoms with Crippen molar-refractivity contribution in [2.45, 2.75) is 26.0 Å². The van der Waals surface area contributed by atoms with E-state index < -0.39 is 6.61 Å². The Bertz CT molecular complexity index is 1090. The summed E-state index contributed by atoms with van der Waals surface area (Å²) in [4.78, 5) is 17.3. The van der Waals surface area contributed by atoms with E-state index in [2.05, 4.69) is 22.2 Å². The molecular weight excluding hydrogens is 456 g/mol. The summed E-state index contributed by atoms with van der Waals surface area (Å²) in [6.07, 6.45) is 0.402. The van der Waals surface area contributed by atoms with Crippen molar-refractivity contribution >= 4 is 17.4 Å². The molecule has 35 heavy (non-hydrogen) atoms. The summed E-state index contributed by atoms with van der Waals surface area (Å²) in [7, 11) is 5.07. The average molecular weight is 488 g/mol. The van der Waals surface area contributed by atoms with Gasteiger partial charge in [-0.2, -0.15) is 13.9 Å². The summed E-state index contributed by atoms with van der Waals surface area (Å²) < 4.78 is 36.1. The Morgan fingerprint density at radius 3 is 2.40 bits per heavy atom. The second-order valence-electron chi connectivity index (χ2n) is 8.78. The van der Waals surface area contributed by atoms with Gasteiger partial charge in [-0.15, -0.1) is 0 Å². The molecule has 8 nitrogen and oxygen atoms in total. The van der Waals surface area contributed by atoms with Gasteiger partial charge in [-0.1, -0.05) is 12.1 Å². The lowest BCUT2D eigenvalue weighted by atomic mass is 9.94. The van der Waals surface area contributed by atoms with E-state index >= 15 is 0 Å². The van der Waals surface area contributed by atoms with Crippen LogP contribution in [0, 0.1) is 0 Å². The number of carbonyl (C=O) groups is 1. The van der Waals surface area contributed by atoms with Crippen LogP contribution in [0.25, 0.3) is 0 Å². The predicted octanol–water partition coefficient (Wildman–Crippen LogP) is 3.39. The Kier molecular flexibility index (Phi) is 7.39. The molecule has 0 radical (unpaired) electrons. The number of amides is 2. The molecule has 1 unspecified atom stereocenters. The first-order valence-corrected chi connectivity index (χ1v) is 11.6. The number of hydrogen-bond donors (Lipinski definition) is 1. The number of nitrogens with one attached hydrogen (secondary N) is 1. The SMILES string of the molecule is CNC(=O)N1N=C(c2ccc(N3CCN(C)CC3)cc2)c2cc(OC)c(OC(F)F)cc2CC1C. The van der Waals surface area contributed by atoms with Crippen molar-refractivity contribution in [2.75, 3.05) is 52.3 Å². The lowest BCUT2D eigenvalue weighted by molar-refractivity contribution is -0.0512. The number of benzene rings is 2. The number of alkyl halides is 2. The van der Waals surface area contributed by atoms with Gasteiger partial charge in [0.15, 0.2) is 11.5 Å².